The summed E-state index contributed by atoms with van der Waals surface area (Å²) >= 11 is 0. The maximum atomic E-state index is 11.2. The second-order valence-corrected chi connectivity index (χ2v) is 3.84. The first-order chi connectivity index (χ1) is 7.67. The van der Waals surface area contributed by atoms with Gasteiger partial charge in [0.05, 0.1) is 12.7 Å². The molecule has 0 aromatic heterocycles. The van der Waals surface area contributed by atoms with E-state index in [1.807, 2.05) is 19.1 Å². The molecule has 0 bridgehead atoms. The molecule has 0 aliphatic heterocycles. The minimum Gasteiger partial charge on any atom is -0.465 e. The molecular formula is C13H16O3. The van der Waals surface area contributed by atoms with Gasteiger partial charge in [-0.2, -0.15) is 0 Å². The molecule has 0 radical (unpaired) electrons. The van der Waals surface area contributed by atoms with Crippen LogP contribution in [0.5, 0.6) is 0 Å². The van der Waals surface area contributed by atoms with Crippen LogP contribution in [0.3, 0.4) is 0 Å². The highest BCUT2D eigenvalue weighted by molar-refractivity contribution is 5.89. The molecule has 3 nitrogen and oxygen atoms in total. The van der Waals surface area contributed by atoms with Crippen molar-refractivity contribution in [3.05, 3.63) is 35.4 Å². The fraction of sp³-hybridized carbons (Fsp3) is 0.385. The van der Waals surface area contributed by atoms with Gasteiger partial charge in [-0.05, 0) is 30.5 Å². The molecule has 1 aromatic rings. The Morgan fingerprint density at radius 1 is 1.38 bits per heavy atom. The predicted octanol–water partition coefficient (Wildman–Crippen LogP) is 2.24. The van der Waals surface area contributed by atoms with E-state index in [0.29, 0.717) is 5.56 Å². The Balaban J connectivity index is 2.58. The first-order valence-corrected chi connectivity index (χ1v) is 5.30. The van der Waals surface area contributed by atoms with E-state index in [4.69, 9.17) is 0 Å². The molecule has 0 amide bonds. The molecule has 0 saturated heterocycles. The molecule has 1 aromatic carbocycles. The van der Waals surface area contributed by atoms with Crippen LogP contribution in [-0.2, 0) is 16.0 Å². The SMILES string of the molecule is COC(=O)c1ccc(CCC(C)C=O)cc1. The molecule has 0 N–H and O–H groups in total. The van der Waals surface area contributed by atoms with Gasteiger partial charge >= 0.3 is 5.97 Å². The predicted molar refractivity (Wildman–Crippen MR) is 61.3 cm³/mol. The fourth-order valence-corrected chi connectivity index (χ4v) is 1.39. The normalized spacial score (nSPS) is 11.9. The molecule has 16 heavy (non-hydrogen) atoms. The van der Waals surface area contributed by atoms with E-state index in [2.05, 4.69) is 4.74 Å². The Bertz CT molecular complexity index is 354. The van der Waals surface area contributed by atoms with Gasteiger partial charge in [0.15, 0.2) is 0 Å². The Labute approximate surface area is 95.4 Å². The van der Waals surface area contributed by atoms with Gasteiger partial charge in [-0.15, -0.1) is 0 Å². The fourth-order valence-electron chi connectivity index (χ4n) is 1.39. The van der Waals surface area contributed by atoms with Crippen molar-refractivity contribution in [3.63, 3.8) is 0 Å². The summed E-state index contributed by atoms with van der Waals surface area (Å²) in [5.74, 6) is -0.243. The Morgan fingerprint density at radius 3 is 2.50 bits per heavy atom. The lowest BCUT2D eigenvalue weighted by Gasteiger charge is -2.04. The van der Waals surface area contributed by atoms with Gasteiger partial charge in [0, 0.05) is 5.92 Å². The highest BCUT2D eigenvalue weighted by atomic mass is 16.5. The van der Waals surface area contributed by atoms with Gasteiger partial charge in [0.2, 0.25) is 0 Å². The van der Waals surface area contributed by atoms with Crippen molar-refractivity contribution in [2.75, 3.05) is 7.11 Å². The second-order valence-electron chi connectivity index (χ2n) is 3.84. The average Bonchev–Trinajstić information content (AvgIpc) is 2.35. The largest absolute Gasteiger partial charge is 0.465 e. The van der Waals surface area contributed by atoms with E-state index >= 15 is 0 Å². The summed E-state index contributed by atoms with van der Waals surface area (Å²) in [7, 11) is 1.36. The highest BCUT2D eigenvalue weighted by Crippen LogP contribution is 2.10. The zero-order valence-corrected chi connectivity index (χ0v) is 9.60. The number of hydrogen-bond acceptors (Lipinski definition) is 3. The van der Waals surface area contributed by atoms with Crippen LogP contribution >= 0.6 is 0 Å². The number of carbonyl (C=O) groups is 2. The summed E-state index contributed by atoms with van der Waals surface area (Å²) in [5, 5.41) is 0. The number of aryl methyl sites for hydroxylation is 1. The van der Waals surface area contributed by atoms with Crippen LogP contribution in [0.1, 0.15) is 29.3 Å². The minimum absolute atomic E-state index is 0.0836. The van der Waals surface area contributed by atoms with E-state index in [9.17, 15) is 9.59 Å². The van der Waals surface area contributed by atoms with E-state index in [-0.39, 0.29) is 11.9 Å². The monoisotopic (exact) mass is 220 g/mol. The van der Waals surface area contributed by atoms with Crippen molar-refractivity contribution in [2.24, 2.45) is 5.92 Å². The number of aldehydes is 1. The summed E-state index contributed by atoms with van der Waals surface area (Å²) in [5.41, 5.74) is 1.68. The standard InChI is InChI=1S/C13H16O3/c1-10(9-14)3-4-11-5-7-12(8-6-11)13(15)16-2/h5-10H,3-4H2,1-2H3. The van der Waals surface area contributed by atoms with E-state index in [1.54, 1.807) is 12.1 Å². The summed E-state index contributed by atoms with van der Waals surface area (Å²) < 4.78 is 4.61. The lowest BCUT2D eigenvalue weighted by atomic mass is 10.0. The Hall–Kier alpha value is -1.64. The topological polar surface area (TPSA) is 43.4 Å². The summed E-state index contributed by atoms with van der Waals surface area (Å²) in [6.45, 7) is 1.90. The van der Waals surface area contributed by atoms with Crippen LogP contribution in [0.15, 0.2) is 24.3 Å². The van der Waals surface area contributed by atoms with E-state index in [0.717, 1.165) is 24.7 Å². The molecule has 0 spiro atoms. The number of esters is 1. The number of ether oxygens (including phenoxy) is 1. The van der Waals surface area contributed by atoms with Gasteiger partial charge in [-0.3, -0.25) is 0 Å². The maximum absolute atomic E-state index is 11.2. The van der Waals surface area contributed by atoms with Crippen molar-refractivity contribution < 1.29 is 14.3 Å². The molecular weight excluding hydrogens is 204 g/mol. The molecule has 0 heterocycles. The number of hydrogen-bond donors (Lipinski definition) is 0. The number of benzene rings is 1. The third-order valence-electron chi connectivity index (χ3n) is 2.50. The Morgan fingerprint density at radius 2 is 2.00 bits per heavy atom. The first-order valence-electron chi connectivity index (χ1n) is 5.30. The number of methoxy groups -OCH3 is 1. The third kappa shape index (κ3) is 3.50. The molecule has 0 aliphatic carbocycles. The van der Waals surface area contributed by atoms with Crippen molar-refractivity contribution in [3.8, 4) is 0 Å². The molecule has 1 atom stereocenters. The van der Waals surface area contributed by atoms with Crippen LogP contribution in [0.4, 0.5) is 0 Å². The van der Waals surface area contributed by atoms with Gasteiger partial charge in [-0.25, -0.2) is 4.79 Å². The van der Waals surface area contributed by atoms with Crippen molar-refractivity contribution in [1.29, 1.82) is 0 Å². The molecule has 3 heteroatoms. The number of carbonyl (C=O) groups excluding carboxylic acids is 2. The van der Waals surface area contributed by atoms with Crippen molar-refractivity contribution >= 4 is 12.3 Å². The van der Waals surface area contributed by atoms with Crippen LogP contribution in [0.25, 0.3) is 0 Å². The molecule has 0 aliphatic rings. The smallest absolute Gasteiger partial charge is 0.337 e. The maximum Gasteiger partial charge on any atom is 0.337 e. The summed E-state index contributed by atoms with van der Waals surface area (Å²) in [6, 6.07) is 7.27. The third-order valence-corrected chi connectivity index (χ3v) is 2.50. The van der Waals surface area contributed by atoms with Crippen LogP contribution in [-0.4, -0.2) is 19.4 Å². The molecule has 0 saturated carbocycles. The minimum atomic E-state index is -0.326. The van der Waals surface area contributed by atoms with Crippen molar-refractivity contribution in [1.82, 2.24) is 0 Å². The molecule has 1 unspecified atom stereocenters. The Kier molecular flexibility index (Phi) is 4.70. The van der Waals surface area contributed by atoms with Gasteiger partial charge in [0.25, 0.3) is 0 Å². The van der Waals surface area contributed by atoms with Gasteiger partial charge < -0.3 is 9.53 Å². The highest BCUT2D eigenvalue weighted by Gasteiger charge is 2.05. The lowest BCUT2D eigenvalue weighted by molar-refractivity contribution is -0.110. The summed E-state index contributed by atoms with van der Waals surface area (Å²) in [4.78, 5) is 21.6. The zero-order chi connectivity index (χ0) is 12.0. The van der Waals surface area contributed by atoms with Crippen molar-refractivity contribution in [2.45, 2.75) is 19.8 Å². The molecule has 0 fully saturated rings. The van der Waals surface area contributed by atoms with Crippen LogP contribution < -0.4 is 0 Å². The average molecular weight is 220 g/mol. The quantitative estimate of drug-likeness (QED) is 0.564. The van der Waals surface area contributed by atoms with E-state index < -0.39 is 0 Å². The molecule has 1 rings (SSSR count). The first kappa shape index (κ1) is 12.4. The zero-order valence-electron chi connectivity index (χ0n) is 9.60. The second kappa shape index (κ2) is 6.05. The number of rotatable bonds is 5. The summed E-state index contributed by atoms with van der Waals surface area (Å²) in [6.07, 6.45) is 2.64. The molecule has 86 valence electrons. The van der Waals surface area contributed by atoms with Crippen LogP contribution in [0.2, 0.25) is 0 Å². The van der Waals surface area contributed by atoms with Gasteiger partial charge in [-0.1, -0.05) is 19.1 Å². The van der Waals surface area contributed by atoms with E-state index in [1.165, 1.54) is 7.11 Å². The van der Waals surface area contributed by atoms with Crippen LogP contribution in [0, 0.1) is 5.92 Å². The lowest BCUT2D eigenvalue weighted by Crippen LogP contribution is -2.02. The van der Waals surface area contributed by atoms with Gasteiger partial charge in [0.1, 0.15) is 6.29 Å².